The largest absolute Gasteiger partial charge is 0.501 e. The Hall–Kier alpha value is -5.15. The van der Waals surface area contributed by atoms with E-state index in [9.17, 15) is 0 Å². The Kier molecular flexibility index (Phi) is 10.8. The van der Waals surface area contributed by atoms with Gasteiger partial charge in [0.05, 0.1) is 5.58 Å². The molecule has 0 spiro atoms. The molecular formula is C50H44IrN2O-2. The molecular weight excluding hydrogens is 837 g/mol. The Labute approximate surface area is 335 Å². The number of benzene rings is 5. The van der Waals surface area contributed by atoms with Crippen LogP contribution in [0.15, 0.2) is 156 Å². The molecule has 1 saturated carbocycles. The minimum Gasteiger partial charge on any atom is -0.501 e. The van der Waals surface area contributed by atoms with Gasteiger partial charge in [0.25, 0.3) is 0 Å². The van der Waals surface area contributed by atoms with Crippen LogP contribution in [0.5, 0.6) is 0 Å². The summed E-state index contributed by atoms with van der Waals surface area (Å²) >= 11 is 0. The molecule has 9 rings (SSSR count). The molecule has 54 heavy (non-hydrogen) atoms. The van der Waals surface area contributed by atoms with Gasteiger partial charge in [-0.2, -0.15) is 0 Å². The molecule has 4 heteroatoms. The minimum atomic E-state index is -1.35. The van der Waals surface area contributed by atoms with E-state index in [0.29, 0.717) is 11.3 Å². The Morgan fingerprint density at radius 2 is 1.43 bits per heavy atom. The fourth-order valence-electron chi connectivity index (χ4n) is 7.37. The molecule has 3 aromatic heterocycles. The first kappa shape index (κ1) is 34.6. The van der Waals surface area contributed by atoms with Crippen molar-refractivity contribution in [3.8, 4) is 33.6 Å². The van der Waals surface area contributed by atoms with Crippen molar-refractivity contribution in [2.75, 3.05) is 0 Å². The molecule has 1 fully saturated rings. The van der Waals surface area contributed by atoms with Crippen LogP contribution in [0.25, 0.3) is 55.6 Å². The van der Waals surface area contributed by atoms with Crippen LogP contribution >= 0.6 is 0 Å². The molecule has 1 aliphatic carbocycles. The van der Waals surface area contributed by atoms with Gasteiger partial charge in [0.1, 0.15) is 5.58 Å². The number of rotatable bonds is 7. The van der Waals surface area contributed by atoms with Gasteiger partial charge in [-0.15, -0.1) is 54.1 Å². The van der Waals surface area contributed by atoms with Crippen LogP contribution in [-0.4, -0.2) is 9.97 Å². The topological polar surface area (TPSA) is 38.9 Å². The van der Waals surface area contributed by atoms with Crippen molar-refractivity contribution in [2.24, 2.45) is 5.92 Å². The van der Waals surface area contributed by atoms with Crippen molar-refractivity contribution >= 4 is 21.9 Å². The summed E-state index contributed by atoms with van der Waals surface area (Å²) in [6.07, 6.45) is 7.72. The molecule has 0 amide bonds. The maximum Gasteiger partial charge on any atom is 0.120 e. The van der Waals surface area contributed by atoms with Crippen molar-refractivity contribution in [1.29, 1.82) is 0 Å². The molecule has 3 heterocycles. The van der Waals surface area contributed by atoms with Crippen LogP contribution < -0.4 is 0 Å². The first-order valence-electron chi connectivity index (χ1n) is 19.7. The molecule has 271 valence electrons. The Balaban J connectivity index is 0.000000169. The molecule has 3 nitrogen and oxygen atoms in total. The van der Waals surface area contributed by atoms with Crippen molar-refractivity contribution in [1.82, 2.24) is 9.97 Å². The van der Waals surface area contributed by atoms with E-state index in [0.717, 1.165) is 64.4 Å². The van der Waals surface area contributed by atoms with E-state index in [1.807, 2.05) is 79.0 Å². The molecule has 1 aliphatic rings. The summed E-state index contributed by atoms with van der Waals surface area (Å²) < 4.78 is 23.7. The molecule has 1 radical (unpaired) electrons. The number of hydrogen-bond acceptors (Lipinski definition) is 3. The average Bonchev–Trinajstić information content (AvgIpc) is 3.64. The van der Waals surface area contributed by atoms with Crippen LogP contribution in [0.4, 0.5) is 0 Å². The molecule has 8 aromatic rings. The molecule has 0 N–H and O–H groups in total. The third-order valence-electron chi connectivity index (χ3n) is 10.5. The third-order valence-corrected chi connectivity index (χ3v) is 10.5. The molecule has 0 unspecified atom stereocenters. The Morgan fingerprint density at radius 3 is 2.19 bits per heavy atom. The fourth-order valence-corrected chi connectivity index (χ4v) is 7.37. The van der Waals surface area contributed by atoms with Crippen molar-refractivity contribution in [2.45, 2.75) is 57.7 Å². The normalized spacial score (nSPS) is 14.0. The monoisotopic (exact) mass is 883 g/mol. The summed E-state index contributed by atoms with van der Waals surface area (Å²) in [6.45, 7) is 4.49. The second-order valence-corrected chi connectivity index (χ2v) is 14.4. The smallest absolute Gasteiger partial charge is 0.120 e. The zero-order valence-corrected chi connectivity index (χ0v) is 33.1. The van der Waals surface area contributed by atoms with E-state index in [2.05, 4.69) is 103 Å². The van der Waals surface area contributed by atoms with E-state index in [1.54, 1.807) is 6.20 Å². The molecule has 0 aliphatic heterocycles. The van der Waals surface area contributed by atoms with Gasteiger partial charge in [-0.05, 0) is 58.1 Å². The van der Waals surface area contributed by atoms with Gasteiger partial charge in [0, 0.05) is 46.0 Å². The van der Waals surface area contributed by atoms with Gasteiger partial charge < -0.3 is 14.4 Å². The van der Waals surface area contributed by atoms with Gasteiger partial charge in [0.2, 0.25) is 0 Å². The zero-order valence-electron chi connectivity index (χ0n) is 32.7. The second-order valence-electron chi connectivity index (χ2n) is 14.4. The standard InChI is InChI=1S/C26H22N.C24H22NO.Ir/c1-26(2,23-15-13-21(14-16-23)20-9-5-3-6-10-20)24-17-18-25(27-19-24)22-11-7-4-8-12-22;1-2-7-17(8-3-1)15-18-13-14-25-22(16-18)21-11-6-10-20-19-9-4-5-12-23(19)26-24(20)21;/h3-11,13-19H,1-2H3;4-6,9-10,12-14,16-17H,1-3,7-8,15H2;/q2*-1;/i;15D2;. The van der Waals surface area contributed by atoms with Crippen molar-refractivity contribution in [3.63, 3.8) is 0 Å². The number of pyridine rings is 2. The fraction of sp³-hybridized carbons (Fsp3) is 0.200. The van der Waals surface area contributed by atoms with E-state index in [4.69, 9.17) is 7.16 Å². The van der Waals surface area contributed by atoms with Crippen LogP contribution in [-0.2, 0) is 31.9 Å². The number of hydrogen-bond donors (Lipinski definition) is 0. The minimum absolute atomic E-state index is 0. The number of para-hydroxylation sites is 1. The van der Waals surface area contributed by atoms with Crippen LogP contribution in [0.1, 0.15) is 65.4 Å². The summed E-state index contributed by atoms with van der Waals surface area (Å²) in [6, 6.07) is 53.6. The van der Waals surface area contributed by atoms with E-state index < -0.39 is 6.37 Å². The summed E-state index contributed by atoms with van der Waals surface area (Å²) in [5.41, 5.74) is 10.6. The predicted molar refractivity (Wildman–Crippen MR) is 219 cm³/mol. The molecule has 5 aromatic carbocycles. The van der Waals surface area contributed by atoms with Gasteiger partial charge in [-0.25, -0.2) is 0 Å². The number of nitrogens with zero attached hydrogens (tertiary/aromatic N) is 2. The molecule has 0 bridgehead atoms. The number of aromatic nitrogens is 2. The second kappa shape index (κ2) is 16.9. The first-order chi connectivity index (χ1) is 26.8. The molecule has 0 atom stereocenters. The quantitative estimate of drug-likeness (QED) is 0.150. The first-order valence-corrected chi connectivity index (χ1v) is 18.7. The Morgan fingerprint density at radius 1 is 0.685 bits per heavy atom. The van der Waals surface area contributed by atoms with Crippen molar-refractivity contribution in [3.05, 3.63) is 181 Å². The Bertz CT molecular complexity index is 2420. The SMILES string of the molecule is CC(C)(c1ccc(-c2ccccc2)cc1)c1ccc(-c2[c-]cccc2)nc1.[2H]C([2H])(c1ccnc(-c2[c-]ccc3c2oc2ccccc23)c1)C1CCCCC1.[Ir]. The predicted octanol–water partition coefficient (Wildman–Crippen LogP) is 13.1. The third kappa shape index (κ3) is 8.16. The summed E-state index contributed by atoms with van der Waals surface area (Å²) in [5, 5.41) is 2.10. The van der Waals surface area contributed by atoms with E-state index in [1.165, 1.54) is 28.7 Å². The van der Waals surface area contributed by atoms with Crippen LogP contribution in [0.3, 0.4) is 0 Å². The van der Waals surface area contributed by atoms with Crippen LogP contribution in [0.2, 0.25) is 0 Å². The van der Waals surface area contributed by atoms with Gasteiger partial charge in [0.15, 0.2) is 0 Å². The van der Waals surface area contributed by atoms with E-state index >= 15 is 0 Å². The summed E-state index contributed by atoms with van der Waals surface area (Å²) in [4.78, 5) is 9.21. The summed E-state index contributed by atoms with van der Waals surface area (Å²) in [5.74, 6) is 0.0717. The number of furan rings is 1. The van der Waals surface area contributed by atoms with Gasteiger partial charge >= 0.3 is 0 Å². The average molecular weight is 883 g/mol. The maximum atomic E-state index is 8.78. The summed E-state index contributed by atoms with van der Waals surface area (Å²) in [7, 11) is 0. The van der Waals surface area contributed by atoms with Crippen LogP contribution in [0, 0.1) is 18.1 Å². The maximum absolute atomic E-state index is 8.78. The van der Waals surface area contributed by atoms with Gasteiger partial charge in [-0.1, -0.05) is 153 Å². The van der Waals surface area contributed by atoms with Gasteiger partial charge in [-0.3, -0.25) is 0 Å². The zero-order chi connectivity index (χ0) is 37.8. The molecule has 0 saturated heterocycles. The van der Waals surface area contributed by atoms with E-state index in [-0.39, 0.29) is 31.4 Å². The number of fused-ring (bicyclic) bond motifs is 3. The van der Waals surface area contributed by atoms with Crippen molar-refractivity contribution < 1.29 is 27.3 Å².